The second kappa shape index (κ2) is 6.74. The van der Waals surface area contributed by atoms with Crippen LogP contribution in [0.4, 0.5) is 0 Å². The van der Waals surface area contributed by atoms with E-state index in [1.165, 1.54) is 0 Å². The fourth-order valence-corrected chi connectivity index (χ4v) is 3.83. The maximum atomic E-state index is 12.3. The largest absolute Gasteiger partial charge is 0.485 e. The Bertz CT molecular complexity index is 907. The highest BCUT2D eigenvalue weighted by Gasteiger charge is 2.27. The average molecular weight is 355 g/mol. The molecule has 1 amide bonds. The minimum absolute atomic E-state index is 0.126. The zero-order valence-electron chi connectivity index (χ0n) is 13.3. The minimum atomic E-state index is -0.767. The van der Waals surface area contributed by atoms with Crippen molar-refractivity contribution < 1.29 is 19.4 Å². The summed E-state index contributed by atoms with van der Waals surface area (Å²) in [7, 11) is 0. The van der Waals surface area contributed by atoms with Gasteiger partial charge in [-0.3, -0.25) is 4.79 Å². The highest BCUT2D eigenvalue weighted by molar-refractivity contribution is 7.17. The van der Waals surface area contributed by atoms with E-state index in [2.05, 4.69) is 5.32 Å². The van der Waals surface area contributed by atoms with Crippen molar-refractivity contribution >= 4 is 27.3 Å². The lowest BCUT2D eigenvalue weighted by Gasteiger charge is -2.25. The van der Waals surface area contributed by atoms with Crippen LogP contribution in [0.3, 0.4) is 0 Å². The van der Waals surface area contributed by atoms with E-state index in [-0.39, 0.29) is 19.1 Å². The van der Waals surface area contributed by atoms with Crippen LogP contribution >= 0.6 is 11.3 Å². The van der Waals surface area contributed by atoms with Crippen molar-refractivity contribution in [2.45, 2.75) is 12.2 Å². The van der Waals surface area contributed by atoms with Crippen molar-refractivity contribution in [2.24, 2.45) is 0 Å². The Balaban J connectivity index is 1.39. The molecule has 0 spiro atoms. The predicted molar refractivity (Wildman–Crippen MR) is 96.1 cm³/mol. The number of thiophene rings is 1. The van der Waals surface area contributed by atoms with Crippen molar-refractivity contribution in [2.75, 3.05) is 13.2 Å². The van der Waals surface area contributed by atoms with Gasteiger partial charge in [-0.2, -0.15) is 0 Å². The molecule has 1 aliphatic rings. The van der Waals surface area contributed by atoms with Crippen LogP contribution in [-0.2, 0) is 4.79 Å². The molecule has 0 saturated carbocycles. The molecule has 5 nitrogen and oxygen atoms in total. The van der Waals surface area contributed by atoms with Crippen LogP contribution in [0.2, 0.25) is 0 Å². The second-order valence-electron chi connectivity index (χ2n) is 5.81. The van der Waals surface area contributed by atoms with Crippen LogP contribution in [-0.4, -0.2) is 30.3 Å². The molecule has 0 radical (unpaired) electrons. The van der Waals surface area contributed by atoms with E-state index in [4.69, 9.17) is 9.47 Å². The summed E-state index contributed by atoms with van der Waals surface area (Å²) >= 11 is 1.58. The minimum Gasteiger partial charge on any atom is -0.485 e. The topological polar surface area (TPSA) is 67.8 Å². The predicted octanol–water partition coefficient (Wildman–Crippen LogP) is 2.89. The first kappa shape index (κ1) is 15.9. The number of rotatable bonds is 4. The van der Waals surface area contributed by atoms with E-state index in [9.17, 15) is 9.90 Å². The molecule has 0 unspecified atom stereocenters. The highest BCUT2D eigenvalue weighted by atomic mass is 32.1. The average Bonchev–Trinajstić information content (AvgIpc) is 3.09. The molecule has 2 N–H and O–H groups in total. The van der Waals surface area contributed by atoms with Gasteiger partial charge in [-0.25, -0.2) is 0 Å². The molecule has 25 heavy (non-hydrogen) atoms. The van der Waals surface area contributed by atoms with Gasteiger partial charge in [0.25, 0.3) is 5.91 Å². The maximum absolute atomic E-state index is 12.3. The normalized spacial score (nSPS) is 17.2. The van der Waals surface area contributed by atoms with Crippen molar-refractivity contribution in [3.63, 3.8) is 0 Å². The smallest absolute Gasteiger partial charge is 0.264 e. The first-order chi connectivity index (χ1) is 12.2. The van der Waals surface area contributed by atoms with Gasteiger partial charge in [0, 0.05) is 16.8 Å². The first-order valence-corrected chi connectivity index (χ1v) is 8.91. The molecule has 0 saturated heterocycles. The third-order valence-electron chi connectivity index (χ3n) is 4.14. The monoisotopic (exact) mass is 355 g/mol. The Morgan fingerprint density at radius 1 is 1.20 bits per heavy atom. The quantitative estimate of drug-likeness (QED) is 0.755. The molecule has 2 heterocycles. The standard InChI is InChI=1S/C19H17NO4S/c21-14(13-11-25-18-8-4-1-5-12(13)18)9-20-19(22)17-10-23-15-6-2-3-7-16(15)24-17/h1-8,11,14,17,21H,9-10H2,(H,20,22)/t14-,17-/m1/s1. The molecule has 4 rings (SSSR count). The summed E-state index contributed by atoms with van der Waals surface area (Å²) in [4.78, 5) is 12.3. The first-order valence-electron chi connectivity index (χ1n) is 8.03. The maximum Gasteiger partial charge on any atom is 0.264 e. The lowest BCUT2D eigenvalue weighted by Crippen LogP contribution is -2.45. The van der Waals surface area contributed by atoms with Gasteiger partial charge >= 0.3 is 0 Å². The van der Waals surface area contributed by atoms with Crippen LogP contribution in [0.25, 0.3) is 10.1 Å². The number of benzene rings is 2. The van der Waals surface area contributed by atoms with Gasteiger partial charge in [0.2, 0.25) is 6.10 Å². The number of para-hydroxylation sites is 2. The molecule has 6 heteroatoms. The molecule has 1 aromatic heterocycles. The number of carbonyl (C=O) groups is 1. The molecular formula is C19H17NO4S. The summed E-state index contributed by atoms with van der Waals surface area (Å²) in [5.41, 5.74) is 0.826. The molecule has 0 aliphatic carbocycles. The summed E-state index contributed by atoms with van der Waals surface area (Å²) in [6.45, 7) is 0.279. The van der Waals surface area contributed by atoms with Crippen molar-refractivity contribution in [1.29, 1.82) is 0 Å². The molecule has 2 atom stereocenters. The summed E-state index contributed by atoms with van der Waals surface area (Å²) in [6, 6.07) is 15.1. The van der Waals surface area contributed by atoms with Crippen LogP contribution in [0.15, 0.2) is 53.9 Å². The number of aliphatic hydroxyl groups is 1. The van der Waals surface area contributed by atoms with E-state index in [0.29, 0.717) is 11.5 Å². The molecule has 128 valence electrons. The Morgan fingerprint density at radius 2 is 1.96 bits per heavy atom. The Morgan fingerprint density at radius 3 is 2.84 bits per heavy atom. The molecule has 0 bridgehead atoms. The van der Waals surface area contributed by atoms with E-state index in [1.807, 2.05) is 41.8 Å². The molecular weight excluding hydrogens is 338 g/mol. The van der Waals surface area contributed by atoms with E-state index < -0.39 is 12.2 Å². The fourth-order valence-electron chi connectivity index (χ4n) is 2.83. The lowest BCUT2D eigenvalue weighted by atomic mass is 10.1. The van der Waals surface area contributed by atoms with Crippen molar-refractivity contribution in [3.05, 3.63) is 59.5 Å². The van der Waals surface area contributed by atoms with Gasteiger partial charge in [0.1, 0.15) is 6.61 Å². The van der Waals surface area contributed by atoms with E-state index in [0.717, 1.165) is 15.6 Å². The number of carbonyl (C=O) groups excluding carboxylic acids is 1. The van der Waals surface area contributed by atoms with Gasteiger partial charge in [-0.1, -0.05) is 30.3 Å². The Hall–Kier alpha value is -2.57. The third kappa shape index (κ3) is 3.18. The fraction of sp³-hybridized carbons (Fsp3) is 0.211. The Labute approximate surface area is 148 Å². The van der Waals surface area contributed by atoms with Gasteiger partial charge in [-0.15, -0.1) is 11.3 Å². The van der Waals surface area contributed by atoms with Crippen molar-refractivity contribution in [1.82, 2.24) is 5.32 Å². The third-order valence-corrected chi connectivity index (χ3v) is 5.12. The zero-order chi connectivity index (χ0) is 17.2. The number of ether oxygens (including phenoxy) is 2. The number of hydrogen-bond donors (Lipinski definition) is 2. The van der Waals surface area contributed by atoms with Gasteiger partial charge < -0.3 is 19.9 Å². The summed E-state index contributed by atoms with van der Waals surface area (Å²) < 4.78 is 12.3. The number of aliphatic hydroxyl groups excluding tert-OH is 1. The van der Waals surface area contributed by atoms with Crippen molar-refractivity contribution in [3.8, 4) is 11.5 Å². The van der Waals surface area contributed by atoms with E-state index >= 15 is 0 Å². The molecule has 3 aromatic rings. The number of amides is 1. The summed E-state index contributed by atoms with van der Waals surface area (Å²) in [5.74, 6) is 0.891. The lowest BCUT2D eigenvalue weighted by molar-refractivity contribution is -0.130. The number of nitrogens with one attached hydrogen (secondary N) is 1. The molecule has 1 aliphatic heterocycles. The number of hydrogen-bond acceptors (Lipinski definition) is 5. The SMILES string of the molecule is O=C(NC[C@@H](O)c1csc2ccccc12)[C@H]1COc2ccccc2O1. The second-order valence-corrected chi connectivity index (χ2v) is 6.72. The molecule has 0 fully saturated rings. The zero-order valence-corrected chi connectivity index (χ0v) is 14.2. The highest BCUT2D eigenvalue weighted by Crippen LogP contribution is 2.31. The van der Waals surface area contributed by atoms with Crippen LogP contribution in [0.5, 0.6) is 11.5 Å². The van der Waals surface area contributed by atoms with Crippen LogP contribution < -0.4 is 14.8 Å². The number of fused-ring (bicyclic) bond motifs is 2. The summed E-state index contributed by atoms with van der Waals surface area (Å²) in [6.07, 6.45) is -1.49. The van der Waals surface area contributed by atoms with Crippen LogP contribution in [0, 0.1) is 0 Å². The summed E-state index contributed by atoms with van der Waals surface area (Å²) in [5, 5.41) is 16.1. The van der Waals surface area contributed by atoms with Crippen LogP contribution in [0.1, 0.15) is 11.7 Å². The van der Waals surface area contributed by atoms with E-state index in [1.54, 1.807) is 23.5 Å². The molecule has 2 aromatic carbocycles. The van der Waals surface area contributed by atoms with Gasteiger partial charge in [-0.05, 0) is 29.0 Å². The van der Waals surface area contributed by atoms with Gasteiger partial charge in [0.15, 0.2) is 11.5 Å². The Kier molecular flexibility index (Phi) is 4.29. The van der Waals surface area contributed by atoms with Gasteiger partial charge in [0.05, 0.1) is 6.10 Å².